The number of esters is 1. The first-order chi connectivity index (χ1) is 14.5. The zero-order valence-corrected chi connectivity index (χ0v) is 19.1. The largest absolute Gasteiger partial charge is 0.497 e. The molecule has 0 aromatic heterocycles. The predicted molar refractivity (Wildman–Crippen MR) is 118 cm³/mol. The second-order valence-corrected chi connectivity index (χ2v) is 9.11. The van der Waals surface area contributed by atoms with E-state index in [0.29, 0.717) is 11.4 Å². The van der Waals surface area contributed by atoms with Gasteiger partial charge in [-0.1, -0.05) is 6.07 Å². The number of carbonyl (C=O) groups excluding carboxylic acids is 2. The molecule has 0 radical (unpaired) electrons. The molecule has 0 aliphatic rings. The summed E-state index contributed by atoms with van der Waals surface area (Å²) in [5, 5.41) is 0. The highest BCUT2D eigenvalue weighted by molar-refractivity contribution is 7.92. The molecule has 0 spiro atoms. The molecule has 0 bridgehead atoms. The van der Waals surface area contributed by atoms with Gasteiger partial charge in [0.25, 0.3) is 15.9 Å². The lowest BCUT2D eigenvalue weighted by Gasteiger charge is -2.30. The summed E-state index contributed by atoms with van der Waals surface area (Å²) in [6.45, 7) is 7.09. The van der Waals surface area contributed by atoms with Crippen LogP contribution in [0.5, 0.6) is 5.75 Å². The maximum atomic E-state index is 12.7. The van der Waals surface area contributed by atoms with Crippen molar-refractivity contribution in [1.29, 1.82) is 0 Å². The number of hydrogen-bond donors (Lipinski definition) is 1. The van der Waals surface area contributed by atoms with Crippen LogP contribution in [0.15, 0.2) is 53.4 Å². The summed E-state index contributed by atoms with van der Waals surface area (Å²) in [4.78, 5) is 26.3. The van der Waals surface area contributed by atoms with E-state index in [1.54, 1.807) is 29.2 Å². The highest BCUT2D eigenvalue weighted by Gasteiger charge is 2.22. The molecule has 8 nitrogen and oxygen atoms in total. The van der Waals surface area contributed by atoms with Crippen molar-refractivity contribution in [1.82, 2.24) is 4.90 Å². The average molecular weight is 449 g/mol. The number of sulfonamides is 1. The Labute approximate surface area is 183 Å². The number of amides is 1. The van der Waals surface area contributed by atoms with Crippen LogP contribution in [0, 0.1) is 0 Å². The maximum absolute atomic E-state index is 12.7. The van der Waals surface area contributed by atoms with Crippen LogP contribution in [0.25, 0.3) is 0 Å². The zero-order valence-electron chi connectivity index (χ0n) is 18.3. The van der Waals surface area contributed by atoms with Crippen molar-refractivity contribution in [3.8, 4) is 5.75 Å². The number of nitrogens with zero attached hydrogens (tertiary/aromatic N) is 1. The number of rotatable bonds is 9. The normalized spacial score (nSPS) is 11.3. The number of nitrogens with one attached hydrogen (secondary N) is 1. The van der Waals surface area contributed by atoms with E-state index in [9.17, 15) is 18.0 Å². The van der Waals surface area contributed by atoms with E-state index in [-0.39, 0.29) is 28.4 Å². The summed E-state index contributed by atoms with van der Waals surface area (Å²) in [5.41, 5.74) is 0.382. The summed E-state index contributed by atoms with van der Waals surface area (Å²) in [7, 11) is -2.42. The van der Waals surface area contributed by atoms with Gasteiger partial charge < -0.3 is 14.4 Å². The summed E-state index contributed by atoms with van der Waals surface area (Å²) < 4.78 is 38.0. The third-order valence-corrected chi connectivity index (χ3v) is 5.83. The Morgan fingerprint density at radius 3 is 2.16 bits per heavy atom. The van der Waals surface area contributed by atoms with E-state index < -0.39 is 22.6 Å². The fourth-order valence-corrected chi connectivity index (χ4v) is 4.22. The molecule has 2 rings (SSSR count). The Morgan fingerprint density at radius 1 is 1.00 bits per heavy atom. The van der Waals surface area contributed by atoms with Crippen LogP contribution in [-0.2, 0) is 19.6 Å². The molecule has 0 saturated carbocycles. The van der Waals surface area contributed by atoms with Crippen LogP contribution >= 0.6 is 0 Å². The van der Waals surface area contributed by atoms with Crippen LogP contribution in [0.1, 0.15) is 38.1 Å². The highest BCUT2D eigenvalue weighted by Crippen LogP contribution is 2.20. The average Bonchev–Trinajstić information content (AvgIpc) is 2.72. The van der Waals surface area contributed by atoms with Crippen LogP contribution in [0.3, 0.4) is 0 Å². The number of carbonyl (C=O) groups is 2. The van der Waals surface area contributed by atoms with Crippen LogP contribution in [0.2, 0.25) is 0 Å². The molecule has 1 amide bonds. The van der Waals surface area contributed by atoms with Gasteiger partial charge >= 0.3 is 5.97 Å². The molecule has 31 heavy (non-hydrogen) atoms. The number of ether oxygens (including phenoxy) is 2. The monoisotopic (exact) mass is 448 g/mol. The standard InChI is InChI=1S/C22H28N2O6S/c1-15(2)24(16(3)4)21(25)14-30-22(26)17-7-6-8-20(13-17)31(27,28)23-18-9-11-19(29-5)12-10-18/h6-13,15-16,23H,14H2,1-5H3. The summed E-state index contributed by atoms with van der Waals surface area (Å²) in [6.07, 6.45) is 0. The minimum absolute atomic E-state index is 0.0334. The molecule has 1 N–H and O–H groups in total. The molecule has 2 aromatic carbocycles. The SMILES string of the molecule is COc1ccc(NS(=O)(=O)c2cccc(C(=O)OCC(=O)N(C(C)C)C(C)C)c2)cc1. The third-order valence-electron chi connectivity index (χ3n) is 4.45. The summed E-state index contributed by atoms with van der Waals surface area (Å²) in [6, 6.07) is 11.8. The minimum atomic E-state index is -3.93. The lowest BCUT2D eigenvalue weighted by molar-refractivity contribution is -0.138. The molecule has 9 heteroatoms. The van der Waals surface area contributed by atoms with Gasteiger partial charge in [-0.2, -0.15) is 0 Å². The maximum Gasteiger partial charge on any atom is 0.338 e. The first-order valence-corrected chi connectivity index (χ1v) is 11.3. The van der Waals surface area contributed by atoms with E-state index in [2.05, 4.69) is 4.72 Å². The first kappa shape index (κ1) is 24.2. The summed E-state index contributed by atoms with van der Waals surface area (Å²) >= 11 is 0. The molecule has 0 atom stereocenters. The van der Waals surface area contributed by atoms with Crippen LogP contribution in [-0.4, -0.2) is 51.0 Å². The molecular weight excluding hydrogens is 420 g/mol. The van der Waals surface area contributed by atoms with Gasteiger partial charge in [0, 0.05) is 17.8 Å². The summed E-state index contributed by atoms with van der Waals surface area (Å²) in [5.74, 6) is -0.499. The van der Waals surface area contributed by atoms with Gasteiger partial charge in [-0.25, -0.2) is 13.2 Å². The Kier molecular flexibility index (Phi) is 8.04. The van der Waals surface area contributed by atoms with Gasteiger partial charge in [0.05, 0.1) is 17.6 Å². The predicted octanol–water partition coefficient (Wildman–Crippen LogP) is 3.30. The molecule has 0 saturated heterocycles. The van der Waals surface area contributed by atoms with Crippen molar-refractivity contribution in [3.63, 3.8) is 0 Å². The van der Waals surface area contributed by atoms with Crippen molar-refractivity contribution in [2.45, 2.75) is 44.7 Å². The molecule has 0 heterocycles. The fourth-order valence-electron chi connectivity index (χ4n) is 3.12. The Balaban J connectivity index is 2.10. The molecule has 0 unspecified atom stereocenters. The Morgan fingerprint density at radius 2 is 1.61 bits per heavy atom. The molecule has 2 aromatic rings. The van der Waals surface area contributed by atoms with Crippen molar-refractivity contribution in [2.24, 2.45) is 0 Å². The Bertz CT molecular complexity index is 1010. The quantitative estimate of drug-likeness (QED) is 0.591. The lowest BCUT2D eigenvalue weighted by atomic mass is 10.2. The molecule has 168 valence electrons. The van der Waals surface area contributed by atoms with E-state index >= 15 is 0 Å². The van der Waals surface area contributed by atoms with Crippen molar-refractivity contribution in [3.05, 3.63) is 54.1 Å². The van der Waals surface area contributed by atoms with Gasteiger partial charge in [-0.15, -0.1) is 0 Å². The second kappa shape index (κ2) is 10.3. The van der Waals surface area contributed by atoms with Gasteiger partial charge in [-0.3, -0.25) is 9.52 Å². The van der Waals surface area contributed by atoms with E-state index in [1.165, 1.54) is 31.4 Å². The van der Waals surface area contributed by atoms with E-state index in [0.717, 1.165) is 0 Å². The Hall–Kier alpha value is -3.07. The lowest BCUT2D eigenvalue weighted by Crippen LogP contribution is -2.44. The smallest absolute Gasteiger partial charge is 0.338 e. The van der Waals surface area contributed by atoms with Crippen LogP contribution < -0.4 is 9.46 Å². The van der Waals surface area contributed by atoms with Crippen LogP contribution in [0.4, 0.5) is 5.69 Å². The van der Waals surface area contributed by atoms with Gasteiger partial charge in [0.2, 0.25) is 0 Å². The topological polar surface area (TPSA) is 102 Å². The van der Waals surface area contributed by atoms with E-state index in [4.69, 9.17) is 9.47 Å². The second-order valence-electron chi connectivity index (χ2n) is 7.43. The molecule has 0 aliphatic carbocycles. The van der Waals surface area contributed by atoms with Gasteiger partial charge in [0.1, 0.15) is 5.75 Å². The van der Waals surface area contributed by atoms with E-state index in [1.807, 2.05) is 27.7 Å². The molecule has 0 aliphatic heterocycles. The van der Waals surface area contributed by atoms with Gasteiger partial charge in [0.15, 0.2) is 6.61 Å². The third kappa shape index (κ3) is 6.45. The van der Waals surface area contributed by atoms with Crippen molar-refractivity contribution >= 4 is 27.6 Å². The number of benzene rings is 2. The molecule has 0 fully saturated rings. The number of methoxy groups -OCH3 is 1. The van der Waals surface area contributed by atoms with Crippen molar-refractivity contribution in [2.75, 3.05) is 18.4 Å². The van der Waals surface area contributed by atoms with Gasteiger partial charge in [-0.05, 0) is 70.2 Å². The van der Waals surface area contributed by atoms with Crippen molar-refractivity contribution < 1.29 is 27.5 Å². The molecular formula is C22H28N2O6S. The first-order valence-electron chi connectivity index (χ1n) is 9.80. The fraction of sp³-hybridized carbons (Fsp3) is 0.364. The zero-order chi connectivity index (χ0) is 23.2. The highest BCUT2D eigenvalue weighted by atomic mass is 32.2. The number of hydrogen-bond acceptors (Lipinski definition) is 6. The minimum Gasteiger partial charge on any atom is -0.497 e. The number of anilines is 1.